The molecule has 3 atom stereocenters. The Morgan fingerprint density at radius 3 is 2.40 bits per heavy atom. The highest BCUT2D eigenvalue weighted by atomic mass is 16.2. The smallest absolute Gasteiger partial charge is 0.205 e. The van der Waals surface area contributed by atoms with Crippen LogP contribution in [0.15, 0.2) is 0 Å². The fraction of sp³-hybridized carbons (Fsp3) is 0.846. The summed E-state index contributed by atoms with van der Waals surface area (Å²) in [6, 6.07) is 0. The van der Waals surface area contributed by atoms with Crippen LogP contribution in [0.5, 0.6) is 0 Å². The summed E-state index contributed by atoms with van der Waals surface area (Å²) in [6.07, 6.45) is 4.16. The number of ketones is 2. The molecule has 0 saturated heterocycles. The lowest BCUT2D eigenvalue weighted by Gasteiger charge is -2.48. The molecule has 0 aromatic carbocycles. The van der Waals surface area contributed by atoms with E-state index in [0.29, 0.717) is 0 Å². The summed E-state index contributed by atoms with van der Waals surface area (Å²) in [5.74, 6) is -0.0516. The van der Waals surface area contributed by atoms with Gasteiger partial charge in [-0.15, -0.1) is 0 Å². The Labute approximate surface area is 90.4 Å². The third-order valence-corrected chi connectivity index (χ3v) is 5.67. The topological polar surface area (TPSA) is 34.1 Å². The molecule has 0 aromatic heterocycles. The number of carbonyl (C=O) groups excluding carboxylic acids is 2. The third-order valence-electron chi connectivity index (χ3n) is 5.67. The van der Waals surface area contributed by atoms with Crippen molar-refractivity contribution in [2.45, 2.75) is 46.5 Å². The van der Waals surface area contributed by atoms with Crippen LogP contribution in [0.4, 0.5) is 0 Å². The highest BCUT2D eigenvalue weighted by molar-refractivity contribution is 6.44. The Morgan fingerprint density at radius 2 is 1.80 bits per heavy atom. The average Bonchev–Trinajstić information content (AvgIpc) is 2.85. The monoisotopic (exact) mass is 206 g/mol. The maximum atomic E-state index is 12.0. The molecule has 3 unspecified atom stereocenters. The summed E-state index contributed by atoms with van der Waals surface area (Å²) in [5.41, 5.74) is -0.116. The molecule has 3 aliphatic rings. The van der Waals surface area contributed by atoms with Gasteiger partial charge in [-0.05, 0) is 30.1 Å². The lowest BCUT2D eigenvalue weighted by molar-refractivity contribution is -0.143. The van der Waals surface area contributed by atoms with Crippen molar-refractivity contribution >= 4 is 11.6 Å². The van der Waals surface area contributed by atoms with E-state index in [1.807, 2.05) is 6.92 Å². The number of carbonyl (C=O) groups is 2. The molecule has 2 heteroatoms. The highest BCUT2D eigenvalue weighted by Crippen LogP contribution is 2.80. The first-order valence-corrected chi connectivity index (χ1v) is 5.95. The largest absolute Gasteiger partial charge is 0.291 e. The first kappa shape index (κ1) is 9.56. The van der Waals surface area contributed by atoms with Crippen LogP contribution in [-0.2, 0) is 9.59 Å². The molecule has 0 aliphatic heterocycles. The summed E-state index contributed by atoms with van der Waals surface area (Å²) in [5, 5.41) is 0. The number of Topliss-reactive ketones (excluding diaryl/α,β-unsaturated/α-hetero) is 2. The van der Waals surface area contributed by atoms with Crippen LogP contribution in [0, 0.1) is 22.2 Å². The summed E-state index contributed by atoms with van der Waals surface area (Å²) in [6.45, 7) is 6.54. The Hall–Kier alpha value is -0.660. The van der Waals surface area contributed by atoms with Gasteiger partial charge < -0.3 is 0 Å². The normalized spacial score (nSPS) is 51.3. The van der Waals surface area contributed by atoms with Crippen molar-refractivity contribution in [1.29, 1.82) is 0 Å². The van der Waals surface area contributed by atoms with Crippen LogP contribution in [0.25, 0.3) is 0 Å². The highest BCUT2D eigenvalue weighted by Gasteiger charge is 2.81. The van der Waals surface area contributed by atoms with Gasteiger partial charge >= 0.3 is 0 Å². The number of rotatable bonds is 0. The van der Waals surface area contributed by atoms with E-state index in [-0.39, 0.29) is 33.7 Å². The van der Waals surface area contributed by atoms with Gasteiger partial charge in [-0.1, -0.05) is 27.2 Å². The third kappa shape index (κ3) is 0.734. The minimum absolute atomic E-state index is 0.0341. The van der Waals surface area contributed by atoms with Crippen molar-refractivity contribution in [3.63, 3.8) is 0 Å². The van der Waals surface area contributed by atoms with Gasteiger partial charge in [0.1, 0.15) is 0 Å². The standard InChI is InChI=1S/C13H18O2/c1-11(2)5-4-6-12(3)10(15)9(14)8-7-13(8,11)12/h8H,4-7H2,1-3H3. The molecule has 15 heavy (non-hydrogen) atoms. The van der Waals surface area contributed by atoms with E-state index in [2.05, 4.69) is 13.8 Å². The molecular formula is C13H18O2. The molecule has 82 valence electrons. The molecule has 0 radical (unpaired) electrons. The summed E-state index contributed by atoms with van der Waals surface area (Å²) in [4.78, 5) is 23.9. The summed E-state index contributed by atoms with van der Waals surface area (Å²) in [7, 11) is 0. The predicted octanol–water partition coefficient (Wildman–Crippen LogP) is 2.36. The lowest BCUT2D eigenvalue weighted by atomic mass is 9.54. The Bertz CT molecular complexity index is 382. The molecule has 3 fully saturated rings. The van der Waals surface area contributed by atoms with Crippen molar-refractivity contribution in [3.05, 3.63) is 0 Å². The Kier molecular flexibility index (Phi) is 1.41. The maximum absolute atomic E-state index is 12.0. The average molecular weight is 206 g/mol. The van der Waals surface area contributed by atoms with Crippen LogP contribution in [0.3, 0.4) is 0 Å². The fourth-order valence-electron chi connectivity index (χ4n) is 4.76. The van der Waals surface area contributed by atoms with Gasteiger partial charge in [-0.2, -0.15) is 0 Å². The molecule has 0 heterocycles. The van der Waals surface area contributed by atoms with Crippen LogP contribution in [-0.4, -0.2) is 11.6 Å². The lowest BCUT2D eigenvalue weighted by Crippen LogP contribution is -2.46. The van der Waals surface area contributed by atoms with Gasteiger partial charge in [0, 0.05) is 11.3 Å². The van der Waals surface area contributed by atoms with Gasteiger partial charge in [0.15, 0.2) is 0 Å². The number of hydrogen-bond donors (Lipinski definition) is 0. The predicted molar refractivity (Wildman–Crippen MR) is 56.3 cm³/mol. The summed E-state index contributed by atoms with van der Waals surface area (Å²) < 4.78 is 0. The van der Waals surface area contributed by atoms with E-state index in [1.165, 1.54) is 6.42 Å². The van der Waals surface area contributed by atoms with Gasteiger partial charge in [0.2, 0.25) is 11.6 Å². The van der Waals surface area contributed by atoms with Gasteiger partial charge in [0.05, 0.1) is 0 Å². The van der Waals surface area contributed by atoms with Crippen molar-refractivity contribution < 1.29 is 9.59 Å². The zero-order chi connectivity index (χ0) is 11.1. The number of hydrogen-bond acceptors (Lipinski definition) is 2. The first-order valence-electron chi connectivity index (χ1n) is 5.95. The SMILES string of the molecule is CC1(C)CCCC2(C)C(=O)C(=O)C3CC312. The van der Waals surface area contributed by atoms with Gasteiger partial charge in [0.25, 0.3) is 0 Å². The molecule has 0 bridgehead atoms. The van der Waals surface area contributed by atoms with Crippen LogP contribution in [0.1, 0.15) is 46.5 Å². The minimum atomic E-state index is -0.323. The van der Waals surface area contributed by atoms with Crippen LogP contribution >= 0.6 is 0 Å². The summed E-state index contributed by atoms with van der Waals surface area (Å²) >= 11 is 0. The molecule has 3 rings (SSSR count). The van der Waals surface area contributed by atoms with Crippen molar-refractivity contribution in [3.8, 4) is 0 Å². The second kappa shape index (κ2) is 2.21. The van der Waals surface area contributed by atoms with E-state index in [4.69, 9.17) is 0 Å². The second-order valence-electron chi connectivity index (χ2n) is 6.49. The molecule has 0 amide bonds. The van der Waals surface area contributed by atoms with Crippen molar-refractivity contribution in [2.24, 2.45) is 22.2 Å². The van der Waals surface area contributed by atoms with E-state index in [1.54, 1.807) is 0 Å². The van der Waals surface area contributed by atoms with Gasteiger partial charge in [-0.25, -0.2) is 0 Å². The Morgan fingerprint density at radius 1 is 1.13 bits per heavy atom. The zero-order valence-electron chi connectivity index (χ0n) is 9.72. The van der Waals surface area contributed by atoms with E-state index in [0.717, 1.165) is 19.3 Å². The van der Waals surface area contributed by atoms with E-state index < -0.39 is 0 Å². The molecule has 0 N–H and O–H groups in total. The molecule has 2 nitrogen and oxygen atoms in total. The first-order chi connectivity index (χ1) is 6.87. The minimum Gasteiger partial charge on any atom is -0.291 e. The fourth-order valence-corrected chi connectivity index (χ4v) is 4.76. The molecule has 1 spiro atoms. The maximum Gasteiger partial charge on any atom is 0.205 e. The molecule has 0 aromatic rings. The van der Waals surface area contributed by atoms with Crippen molar-refractivity contribution in [1.82, 2.24) is 0 Å². The van der Waals surface area contributed by atoms with E-state index in [9.17, 15) is 9.59 Å². The van der Waals surface area contributed by atoms with Crippen LogP contribution in [0.2, 0.25) is 0 Å². The molecule has 3 saturated carbocycles. The molecule has 3 aliphatic carbocycles. The second-order valence-corrected chi connectivity index (χ2v) is 6.49. The Balaban J connectivity index is 2.18. The van der Waals surface area contributed by atoms with Crippen molar-refractivity contribution in [2.75, 3.05) is 0 Å². The zero-order valence-corrected chi connectivity index (χ0v) is 9.72. The van der Waals surface area contributed by atoms with Gasteiger partial charge in [-0.3, -0.25) is 9.59 Å². The quantitative estimate of drug-likeness (QED) is 0.570. The molecular weight excluding hydrogens is 188 g/mol. The van der Waals surface area contributed by atoms with Crippen LogP contribution < -0.4 is 0 Å². The van der Waals surface area contributed by atoms with E-state index >= 15 is 0 Å².